The minimum absolute atomic E-state index is 0.149. The second-order valence-electron chi connectivity index (χ2n) is 5.37. The van der Waals surface area contributed by atoms with Gasteiger partial charge in [-0.2, -0.15) is 0 Å². The Hall–Kier alpha value is -2.04. The number of aromatic nitrogens is 2. The lowest BCUT2D eigenvalue weighted by Gasteiger charge is -2.15. The van der Waals surface area contributed by atoms with Crippen LogP contribution >= 0.6 is 11.3 Å². The molecule has 0 radical (unpaired) electrons. The summed E-state index contributed by atoms with van der Waals surface area (Å²) in [6.45, 7) is 5.46. The highest BCUT2D eigenvalue weighted by molar-refractivity contribution is 7.91. The number of hydrogen-bond acceptors (Lipinski definition) is 7. The number of amides is 1. The van der Waals surface area contributed by atoms with Crippen molar-refractivity contribution in [2.24, 2.45) is 0 Å². The first-order valence-electron chi connectivity index (χ1n) is 7.66. The number of carbonyl (C=O) groups excluding carboxylic acids is 1. The zero-order chi connectivity index (χ0) is 18.4. The molecule has 1 aromatic carbocycles. The Bertz CT molecular complexity index is 836. The molecule has 2 aromatic rings. The number of benzene rings is 1. The van der Waals surface area contributed by atoms with Gasteiger partial charge in [-0.25, -0.2) is 13.1 Å². The van der Waals surface area contributed by atoms with Crippen LogP contribution in [0.25, 0.3) is 0 Å². The lowest BCUT2D eigenvalue weighted by atomic mass is 10.2. The molecule has 0 saturated heterocycles. The van der Waals surface area contributed by atoms with E-state index in [1.54, 1.807) is 13.8 Å². The van der Waals surface area contributed by atoms with Gasteiger partial charge in [0, 0.05) is 6.42 Å². The van der Waals surface area contributed by atoms with E-state index in [-0.39, 0.29) is 28.4 Å². The first-order chi connectivity index (χ1) is 11.8. The van der Waals surface area contributed by atoms with E-state index in [1.165, 1.54) is 0 Å². The number of nitrogens with zero attached hydrogens (tertiary/aromatic N) is 2. The molecule has 1 heterocycles. The fourth-order valence-corrected chi connectivity index (χ4v) is 4.02. The fourth-order valence-electron chi connectivity index (χ4n) is 1.86. The molecule has 1 amide bonds. The number of para-hydroxylation sites is 1. The van der Waals surface area contributed by atoms with Crippen LogP contribution in [0.15, 0.2) is 28.6 Å². The number of aryl methyl sites for hydroxylation is 1. The molecular weight excluding hydrogens is 364 g/mol. The molecule has 0 aliphatic carbocycles. The van der Waals surface area contributed by atoms with Crippen molar-refractivity contribution in [1.82, 2.24) is 14.9 Å². The van der Waals surface area contributed by atoms with Gasteiger partial charge in [0.2, 0.25) is 15.4 Å². The maximum atomic E-state index is 12.3. The quantitative estimate of drug-likeness (QED) is 0.673. The maximum absolute atomic E-state index is 12.3. The zero-order valence-electron chi connectivity index (χ0n) is 14.1. The average Bonchev–Trinajstić information content (AvgIpc) is 3.03. The summed E-state index contributed by atoms with van der Waals surface area (Å²) in [4.78, 5) is 11.3. The van der Waals surface area contributed by atoms with Crippen molar-refractivity contribution in [2.45, 2.75) is 37.6 Å². The van der Waals surface area contributed by atoms with Crippen LogP contribution in [0.2, 0.25) is 0 Å². The molecule has 0 aliphatic rings. The fraction of sp³-hybridized carbons (Fsp3) is 0.400. The molecular formula is C15H20N4O4S2. The topological polar surface area (TPSA) is 110 Å². The molecule has 10 heteroatoms. The molecule has 0 saturated carbocycles. The first-order valence-corrected chi connectivity index (χ1v) is 9.96. The number of carbonyl (C=O) groups is 1. The van der Waals surface area contributed by atoms with Crippen molar-refractivity contribution in [3.8, 4) is 5.75 Å². The van der Waals surface area contributed by atoms with Crippen LogP contribution in [-0.4, -0.2) is 37.2 Å². The SMILES string of the molecule is CCC(=O)Nc1nnc(S(=O)(=O)NC(C)COc2ccccc2C)s1. The van der Waals surface area contributed by atoms with Crippen molar-refractivity contribution >= 4 is 32.4 Å². The smallest absolute Gasteiger partial charge is 0.270 e. The van der Waals surface area contributed by atoms with Gasteiger partial charge in [-0.1, -0.05) is 36.5 Å². The van der Waals surface area contributed by atoms with Gasteiger partial charge in [0.1, 0.15) is 12.4 Å². The molecule has 0 bridgehead atoms. The lowest BCUT2D eigenvalue weighted by molar-refractivity contribution is -0.115. The van der Waals surface area contributed by atoms with Crippen molar-refractivity contribution in [3.63, 3.8) is 0 Å². The summed E-state index contributed by atoms with van der Waals surface area (Å²) in [5.41, 5.74) is 0.970. The van der Waals surface area contributed by atoms with E-state index in [0.717, 1.165) is 16.9 Å². The predicted octanol–water partition coefficient (Wildman–Crippen LogP) is 1.94. The molecule has 136 valence electrons. The second-order valence-corrected chi connectivity index (χ2v) is 8.24. The molecule has 8 nitrogen and oxygen atoms in total. The molecule has 1 unspecified atom stereocenters. The van der Waals surface area contributed by atoms with Gasteiger partial charge >= 0.3 is 0 Å². The number of ether oxygens (including phenoxy) is 1. The molecule has 25 heavy (non-hydrogen) atoms. The van der Waals surface area contributed by atoms with E-state index in [1.807, 2.05) is 31.2 Å². The van der Waals surface area contributed by atoms with E-state index in [9.17, 15) is 13.2 Å². The third-order valence-corrected chi connectivity index (χ3v) is 5.94. The zero-order valence-corrected chi connectivity index (χ0v) is 15.8. The summed E-state index contributed by atoms with van der Waals surface area (Å²) in [6.07, 6.45) is 0.271. The minimum atomic E-state index is -3.83. The summed E-state index contributed by atoms with van der Waals surface area (Å²) in [5, 5.41) is 9.92. The highest BCUT2D eigenvalue weighted by atomic mass is 32.2. The first kappa shape index (κ1) is 19.3. The van der Waals surface area contributed by atoms with Crippen LogP contribution in [0.4, 0.5) is 5.13 Å². The largest absolute Gasteiger partial charge is 0.492 e. The number of rotatable bonds is 8. The van der Waals surface area contributed by atoms with Crippen LogP contribution in [0.1, 0.15) is 25.8 Å². The predicted molar refractivity (Wildman–Crippen MR) is 95.3 cm³/mol. The van der Waals surface area contributed by atoms with E-state index in [4.69, 9.17) is 4.74 Å². The summed E-state index contributed by atoms with van der Waals surface area (Å²) in [6, 6.07) is 7.02. The Labute approximate surface area is 150 Å². The van der Waals surface area contributed by atoms with E-state index >= 15 is 0 Å². The van der Waals surface area contributed by atoms with E-state index in [0.29, 0.717) is 5.75 Å². The monoisotopic (exact) mass is 384 g/mol. The Morgan fingerprint density at radius 2 is 2.04 bits per heavy atom. The van der Waals surface area contributed by atoms with E-state index in [2.05, 4.69) is 20.2 Å². The second kappa shape index (κ2) is 8.37. The van der Waals surface area contributed by atoms with Crippen molar-refractivity contribution in [2.75, 3.05) is 11.9 Å². The Morgan fingerprint density at radius 1 is 1.32 bits per heavy atom. The van der Waals surface area contributed by atoms with Crippen LogP contribution in [0, 0.1) is 6.92 Å². The third kappa shape index (κ3) is 5.48. The van der Waals surface area contributed by atoms with Gasteiger partial charge in [-0.05, 0) is 25.5 Å². The third-order valence-electron chi connectivity index (χ3n) is 3.14. The van der Waals surface area contributed by atoms with Crippen LogP contribution < -0.4 is 14.8 Å². The van der Waals surface area contributed by atoms with Crippen LogP contribution in [0.5, 0.6) is 5.75 Å². The summed E-state index contributed by atoms with van der Waals surface area (Å²) in [5.74, 6) is 0.446. The van der Waals surface area contributed by atoms with Gasteiger partial charge in [0.25, 0.3) is 10.0 Å². The maximum Gasteiger partial charge on any atom is 0.270 e. The standard InChI is InChI=1S/C15H20N4O4S2/c1-4-13(20)16-14-17-18-15(24-14)25(21,22)19-11(3)9-23-12-8-6-5-7-10(12)2/h5-8,11,19H,4,9H2,1-3H3,(H,16,17,20). The Morgan fingerprint density at radius 3 is 2.72 bits per heavy atom. The summed E-state index contributed by atoms with van der Waals surface area (Å²) < 4.78 is 32.6. The number of hydrogen-bond donors (Lipinski definition) is 2. The normalized spacial score (nSPS) is 12.6. The molecule has 2 N–H and O–H groups in total. The molecule has 1 aromatic heterocycles. The Kier molecular flexibility index (Phi) is 6.45. The van der Waals surface area contributed by atoms with Gasteiger partial charge < -0.3 is 10.1 Å². The molecule has 0 fully saturated rings. The van der Waals surface area contributed by atoms with Crippen molar-refractivity contribution in [3.05, 3.63) is 29.8 Å². The number of anilines is 1. The summed E-state index contributed by atoms with van der Waals surface area (Å²) in [7, 11) is -3.83. The minimum Gasteiger partial charge on any atom is -0.492 e. The number of sulfonamides is 1. The molecule has 0 aliphatic heterocycles. The molecule has 2 rings (SSSR count). The average molecular weight is 384 g/mol. The van der Waals surface area contributed by atoms with Crippen molar-refractivity contribution in [1.29, 1.82) is 0 Å². The van der Waals surface area contributed by atoms with Gasteiger partial charge in [-0.3, -0.25) is 4.79 Å². The van der Waals surface area contributed by atoms with E-state index < -0.39 is 16.1 Å². The molecule has 1 atom stereocenters. The van der Waals surface area contributed by atoms with Crippen molar-refractivity contribution < 1.29 is 17.9 Å². The highest BCUT2D eigenvalue weighted by Crippen LogP contribution is 2.20. The lowest BCUT2D eigenvalue weighted by Crippen LogP contribution is -2.36. The Balaban J connectivity index is 1.96. The van der Waals surface area contributed by atoms with Gasteiger partial charge in [-0.15, -0.1) is 10.2 Å². The van der Waals surface area contributed by atoms with Crippen LogP contribution in [0.3, 0.4) is 0 Å². The number of nitrogens with one attached hydrogen (secondary N) is 2. The van der Waals surface area contributed by atoms with Gasteiger partial charge in [0.05, 0.1) is 6.04 Å². The molecule has 0 spiro atoms. The van der Waals surface area contributed by atoms with Gasteiger partial charge in [0.15, 0.2) is 0 Å². The summed E-state index contributed by atoms with van der Waals surface area (Å²) >= 11 is 0.797. The highest BCUT2D eigenvalue weighted by Gasteiger charge is 2.23. The van der Waals surface area contributed by atoms with Crippen LogP contribution in [-0.2, 0) is 14.8 Å².